The molecule has 0 fully saturated rings. The Labute approximate surface area is 109 Å². The van der Waals surface area contributed by atoms with E-state index in [4.69, 9.17) is 17.3 Å². The molecule has 2 rings (SSSR count). The van der Waals surface area contributed by atoms with Gasteiger partial charge in [0.1, 0.15) is 0 Å². The molecule has 1 atom stereocenters. The number of aliphatic hydroxyl groups excluding tert-OH is 1. The number of halogens is 1. The molecule has 0 aliphatic rings. The highest BCUT2D eigenvalue weighted by Gasteiger charge is 2.10. The minimum absolute atomic E-state index is 0.311. The van der Waals surface area contributed by atoms with Crippen LogP contribution in [-0.4, -0.2) is 20.8 Å². The molecule has 0 saturated carbocycles. The zero-order valence-corrected chi connectivity index (χ0v) is 10.4. The molecule has 0 radical (unpaired) electrons. The van der Waals surface area contributed by atoms with Crippen LogP contribution in [0.15, 0.2) is 30.6 Å². The number of aromatic nitrogens is 2. The number of nitrogens with zero attached hydrogens (tertiary/aromatic N) is 2. The van der Waals surface area contributed by atoms with Crippen LogP contribution in [0.1, 0.15) is 28.9 Å². The van der Waals surface area contributed by atoms with Gasteiger partial charge in [0.25, 0.3) is 5.91 Å². The molecule has 1 amide bonds. The third-order valence-electron chi connectivity index (χ3n) is 2.57. The van der Waals surface area contributed by atoms with E-state index in [-0.39, 0.29) is 0 Å². The van der Waals surface area contributed by atoms with E-state index in [1.54, 1.807) is 25.1 Å². The van der Waals surface area contributed by atoms with Crippen molar-refractivity contribution >= 4 is 17.5 Å². The average molecular weight is 266 g/mol. The van der Waals surface area contributed by atoms with E-state index >= 15 is 0 Å². The molecule has 5 nitrogen and oxygen atoms in total. The Morgan fingerprint density at radius 2 is 2.28 bits per heavy atom. The van der Waals surface area contributed by atoms with Gasteiger partial charge < -0.3 is 10.8 Å². The van der Waals surface area contributed by atoms with Gasteiger partial charge in [0.2, 0.25) is 0 Å². The number of benzene rings is 1. The normalized spacial score (nSPS) is 12.4. The maximum absolute atomic E-state index is 11.0. The van der Waals surface area contributed by atoms with Crippen molar-refractivity contribution in [2.45, 2.75) is 13.0 Å². The van der Waals surface area contributed by atoms with Crippen LogP contribution in [0.3, 0.4) is 0 Å². The lowest BCUT2D eigenvalue weighted by Crippen LogP contribution is -2.09. The quantitative estimate of drug-likeness (QED) is 0.886. The molecular formula is C12H12ClN3O2. The maximum atomic E-state index is 11.0. The number of carbonyl (C=O) groups is 1. The van der Waals surface area contributed by atoms with E-state index in [9.17, 15) is 9.90 Å². The molecule has 1 aromatic heterocycles. The summed E-state index contributed by atoms with van der Waals surface area (Å²) in [6.45, 7) is 1.66. The summed E-state index contributed by atoms with van der Waals surface area (Å²) in [5.41, 5.74) is 6.79. The van der Waals surface area contributed by atoms with Crippen molar-refractivity contribution < 1.29 is 9.90 Å². The second-order valence-corrected chi connectivity index (χ2v) is 4.33. The lowest BCUT2D eigenvalue weighted by atomic mass is 10.1. The summed E-state index contributed by atoms with van der Waals surface area (Å²) in [5, 5.41) is 13.9. The van der Waals surface area contributed by atoms with Gasteiger partial charge in [-0.15, -0.1) is 0 Å². The SMILES string of the molecule is CC(O)c1ccc(-n2cc(C(N)=O)cn2)c(Cl)c1. The van der Waals surface area contributed by atoms with E-state index in [1.165, 1.54) is 17.1 Å². The van der Waals surface area contributed by atoms with Gasteiger partial charge in [-0.25, -0.2) is 4.68 Å². The first-order valence-corrected chi connectivity index (χ1v) is 5.69. The van der Waals surface area contributed by atoms with Crippen LogP contribution < -0.4 is 5.73 Å². The van der Waals surface area contributed by atoms with Gasteiger partial charge in [-0.05, 0) is 24.6 Å². The highest BCUT2D eigenvalue weighted by atomic mass is 35.5. The number of nitrogens with two attached hydrogens (primary N) is 1. The minimum Gasteiger partial charge on any atom is -0.389 e. The fourth-order valence-corrected chi connectivity index (χ4v) is 1.83. The average Bonchev–Trinajstić information content (AvgIpc) is 2.78. The summed E-state index contributed by atoms with van der Waals surface area (Å²) in [6.07, 6.45) is 2.29. The Kier molecular flexibility index (Phi) is 3.36. The van der Waals surface area contributed by atoms with Crippen LogP contribution >= 0.6 is 11.6 Å². The predicted octanol–water partition coefficient (Wildman–Crippen LogP) is 1.68. The molecule has 1 heterocycles. The standard InChI is InChI=1S/C12H12ClN3O2/c1-7(17)8-2-3-11(10(13)4-8)16-6-9(5-15-16)12(14)18/h2-7,17H,1H3,(H2,14,18). The fraction of sp³-hybridized carbons (Fsp3) is 0.167. The highest BCUT2D eigenvalue weighted by molar-refractivity contribution is 6.32. The Balaban J connectivity index is 2.41. The molecule has 1 unspecified atom stereocenters. The van der Waals surface area contributed by atoms with Crippen LogP contribution in [0.25, 0.3) is 5.69 Å². The number of aliphatic hydroxyl groups is 1. The van der Waals surface area contributed by atoms with Gasteiger partial charge >= 0.3 is 0 Å². The smallest absolute Gasteiger partial charge is 0.251 e. The molecule has 0 aliphatic heterocycles. The summed E-state index contributed by atoms with van der Waals surface area (Å²) in [5.74, 6) is -0.544. The van der Waals surface area contributed by atoms with Crippen molar-refractivity contribution in [2.24, 2.45) is 5.73 Å². The Hall–Kier alpha value is -1.85. The minimum atomic E-state index is -0.588. The summed E-state index contributed by atoms with van der Waals surface area (Å²) in [4.78, 5) is 11.0. The largest absolute Gasteiger partial charge is 0.389 e. The van der Waals surface area contributed by atoms with Crippen molar-refractivity contribution in [1.82, 2.24) is 9.78 Å². The van der Waals surface area contributed by atoms with E-state index < -0.39 is 12.0 Å². The molecule has 0 spiro atoms. The molecular weight excluding hydrogens is 254 g/mol. The van der Waals surface area contributed by atoms with Crippen molar-refractivity contribution in [1.29, 1.82) is 0 Å². The number of rotatable bonds is 3. The van der Waals surface area contributed by atoms with Crippen molar-refractivity contribution in [3.8, 4) is 5.69 Å². The molecule has 2 aromatic rings. The van der Waals surface area contributed by atoms with Crippen LogP contribution in [0.4, 0.5) is 0 Å². The van der Waals surface area contributed by atoms with Gasteiger partial charge in [0.15, 0.2) is 0 Å². The zero-order chi connectivity index (χ0) is 13.3. The predicted molar refractivity (Wildman–Crippen MR) is 67.7 cm³/mol. The van der Waals surface area contributed by atoms with Crippen LogP contribution in [0.2, 0.25) is 5.02 Å². The highest BCUT2D eigenvalue weighted by Crippen LogP contribution is 2.24. The second-order valence-electron chi connectivity index (χ2n) is 3.92. The number of primary amides is 1. The monoisotopic (exact) mass is 265 g/mol. The second kappa shape index (κ2) is 4.80. The number of hydrogen-bond acceptors (Lipinski definition) is 3. The molecule has 6 heteroatoms. The molecule has 0 bridgehead atoms. The molecule has 1 aromatic carbocycles. The Bertz CT molecular complexity index is 593. The molecule has 0 aliphatic carbocycles. The van der Waals surface area contributed by atoms with Crippen molar-refractivity contribution in [2.75, 3.05) is 0 Å². The first-order chi connectivity index (χ1) is 8.49. The number of carbonyl (C=O) groups excluding carboxylic acids is 1. The first kappa shape index (κ1) is 12.6. The lowest BCUT2D eigenvalue weighted by Gasteiger charge is -2.08. The maximum Gasteiger partial charge on any atom is 0.251 e. The fourth-order valence-electron chi connectivity index (χ4n) is 1.55. The van der Waals surface area contributed by atoms with Gasteiger partial charge in [-0.1, -0.05) is 17.7 Å². The molecule has 3 N–H and O–H groups in total. The van der Waals surface area contributed by atoms with E-state index in [1.807, 2.05) is 0 Å². The van der Waals surface area contributed by atoms with Crippen molar-refractivity contribution in [3.63, 3.8) is 0 Å². The molecule has 18 heavy (non-hydrogen) atoms. The summed E-state index contributed by atoms with van der Waals surface area (Å²) >= 11 is 6.11. The van der Waals surface area contributed by atoms with Gasteiger partial charge in [-0.3, -0.25) is 4.79 Å². The lowest BCUT2D eigenvalue weighted by molar-refractivity contribution is 0.100. The van der Waals surface area contributed by atoms with Gasteiger partial charge in [0.05, 0.1) is 28.6 Å². The summed E-state index contributed by atoms with van der Waals surface area (Å²) in [7, 11) is 0. The van der Waals surface area contributed by atoms with Gasteiger partial charge in [0, 0.05) is 6.20 Å². The van der Waals surface area contributed by atoms with Gasteiger partial charge in [-0.2, -0.15) is 5.10 Å². The molecule has 0 saturated heterocycles. The molecule has 94 valence electrons. The van der Waals surface area contributed by atoms with E-state index in [0.717, 1.165) is 0 Å². The first-order valence-electron chi connectivity index (χ1n) is 5.31. The summed E-state index contributed by atoms with van der Waals surface area (Å²) in [6, 6.07) is 5.13. The van der Waals surface area contributed by atoms with Crippen LogP contribution in [0, 0.1) is 0 Å². The third kappa shape index (κ3) is 2.37. The Morgan fingerprint density at radius 3 is 2.78 bits per heavy atom. The zero-order valence-electron chi connectivity index (χ0n) is 9.67. The van der Waals surface area contributed by atoms with E-state index in [2.05, 4.69) is 5.10 Å². The van der Waals surface area contributed by atoms with Crippen molar-refractivity contribution in [3.05, 3.63) is 46.7 Å². The van der Waals surface area contributed by atoms with Crippen LogP contribution in [-0.2, 0) is 0 Å². The van der Waals surface area contributed by atoms with E-state index in [0.29, 0.717) is 21.8 Å². The Morgan fingerprint density at radius 1 is 1.56 bits per heavy atom. The topological polar surface area (TPSA) is 81.1 Å². The number of hydrogen-bond donors (Lipinski definition) is 2. The van der Waals surface area contributed by atoms with Crippen LogP contribution in [0.5, 0.6) is 0 Å². The number of amides is 1. The summed E-state index contributed by atoms with van der Waals surface area (Å²) < 4.78 is 1.47. The third-order valence-corrected chi connectivity index (χ3v) is 2.87.